The molecule has 2 fully saturated rings. The standard InChI is InChI=1S/C32H38N12O2/c1-21-16-42(17-22(2)45-21)27-6-8-28(9-7-27)44-19-30(29(39-44)10-11-33)38-32-35-14-26(15-36-32)24-4-5-25(13-34)31(12-24)46-23(3)18-43-20-37-40-41-43/h4-5,12,14-15,19-23,27-28H,6-10,16-18H2,1-3H3,(H,35,36,38)/t21-,22+,23?,27?,28?. The Morgan fingerprint density at radius 1 is 1.04 bits per heavy atom. The SMILES string of the molecule is CC(Cn1cnnn1)Oc1cc(-c2cnc(Nc3cn(C4CCC(N5C[C@@H](C)O[C@@H](C)C5)CC4)nc3CC#N)nc2)ccc1C#N. The summed E-state index contributed by atoms with van der Waals surface area (Å²) < 4.78 is 15.6. The van der Waals surface area contributed by atoms with E-state index in [9.17, 15) is 10.5 Å². The number of ether oxygens (including phenoxy) is 2. The molecular formula is C32H38N12O2. The first kappa shape index (κ1) is 31.1. The van der Waals surface area contributed by atoms with Crippen LogP contribution in [-0.2, 0) is 17.7 Å². The molecule has 1 saturated heterocycles. The summed E-state index contributed by atoms with van der Waals surface area (Å²) in [4.78, 5) is 11.7. The topological polar surface area (TPSA) is 169 Å². The Balaban J connectivity index is 1.11. The van der Waals surface area contributed by atoms with Gasteiger partial charge in [0, 0.05) is 43.3 Å². The number of tetrazole rings is 1. The van der Waals surface area contributed by atoms with Crippen LogP contribution in [0, 0.1) is 22.7 Å². The van der Waals surface area contributed by atoms with Gasteiger partial charge in [-0.2, -0.15) is 15.6 Å². The summed E-state index contributed by atoms with van der Waals surface area (Å²) in [6, 6.07) is 10.6. The molecule has 6 rings (SSSR count). The second kappa shape index (κ2) is 14.0. The van der Waals surface area contributed by atoms with E-state index in [2.05, 4.69) is 61.7 Å². The molecule has 46 heavy (non-hydrogen) atoms. The van der Waals surface area contributed by atoms with Gasteiger partial charge in [-0.1, -0.05) is 6.07 Å². The lowest BCUT2D eigenvalue weighted by Crippen LogP contribution is -2.51. The van der Waals surface area contributed by atoms with E-state index in [-0.39, 0.29) is 30.8 Å². The fourth-order valence-corrected chi connectivity index (χ4v) is 6.46. The number of nitrogens with one attached hydrogen (secondary N) is 1. The average Bonchev–Trinajstić information content (AvgIpc) is 3.71. The molecular weight excluding hydrogens is 584 g/mol. The Kier molecular flexibility index (Phi) is 9.47. The summed E-state index contributed by atoms with van der Waals surface area (Å²) in [5, 5.41) is 38.3. The van der Waals surface area contributed by atoms with Gasteiger partial charge in [-0.15, -0.1) is 5.10 Å². The lowest BCUT2D eigenvalue weighted by Gasteiger charge is -2.42. The Bertz CT molecular complexity index is 1670. The molecule has 1 saturated carbocycles. The Morgan fingerprint density at radius 2 is 1.78 bits per heavy atom. The minimum absolute atomic E-state index is 0.187. The first-order valence-corrected chi connectivity index (χ1v) is 15.7. The van der Waals surface area contributed by atoms with Crippen LogP contribution in [0.25, 0.3) is 11.1 Å². The van der Waals surface area contributed by atoms with Crippen molar-refractivity contribution in [2.75, 3.05) is 18.4 Å². The number of hydrogen-bond acceptors (Lipinski definition) is 12. The molecule has 4 heterocycles. The molecule has 2 aliphatic rings. The highest BCUT2D eigenvalue weighted by atomic mass is 16.5. The van der Waals surface area contributed by atoms with E-state index in [1.165, 1.54) is 6.33 Å². The lowest BCUT2D eigenvalue weighted by molar-refractivity contribution is -0.0852. The molecule has 4 aromatic rings. The highest BCUT2D eigenvalue weighted by Gasteiger charge is 2.32. The van der Waals surface area contributed by atoms with Gasteiger partial charge in [-0.25, -0.2) is 14.6 Å². The fourth-order valence-electron chi connectivity index (χ4n) is 6.46. The maximum Gasteiger partial charge on any atom is 0.227 e. The van der Waals surface area contributed by atoms with E-state index < -0.39 is 0 Å². The first-order chi connectivity index (χ1) is 22.4. The number of aromatic nitrogens is 8. The molecule has 1 N–H and O–H groups in total. The zero-order valence-electron chi connectivity index (χ0n) is 26.3. The predicted molar refractivity (Wildman–Crippen MR) is 168 cm³/mol. The van der Waals surface area contributed by atoms with Gasteiger partial charge in [0.1, 0.15) is 29.9 Å². The molecule has 0 amide bonds. The molecule has 0 spiro atoms. The summed E-state index contributed by atoms with van der Waals surface area (Å²) in [7, 11) is 0. The van der Waals surface area contributed by atoms with Gasteiger partial charge in [0.05, 0.1) is 48.5 Å². The zero-order chi connectivity index (χ0) is 32.0. The van der Waals surface area contributed by atoms with Crippen LogP contribution in [0.5, 0.6) is 5.75 Å². The monoisotopic (exact) mass is 622 g/mol. The molecule has 1 unspecified atom stereocenters. The van der Waals surface area contributed by atoms with Crippen LogP contribution in [0.15, 0.2) is 43.1 Å². The number of benzene rings is 1. The van der Waals surface area contributed by atoms with Gasteiger partial charge >= 0.3 is 0 Å². The second-order valence-corrected chi connectivity index (χ2v) is 12.2. The van der Waals surface area contributed by atoms with Crippen molar-refractivity contribution in [1.29, 1.82) is 10.5 Å². The highest BCUT2D eigenvalue weighted by molar-refractivity contribution is 5.67. The summed E-state index contributed by atoms with van der Waals surface area (Å²) in [6.07, 6.45) is 11.7. The van der Waals surface area contributed by atoms with Crippen molar-refractivity contribution >= 4 is 11.6 Å². The molecule has 1 aromatic carbocycles. The van der Waals surface area contributed by atoms with Crippen molar-refractivity contribution < 1.29 is 9.47 Å². The molecule has 3 atom stereocenters. The summed E-state index contributed by atoms with van der Waals surface area (Å²) in [5.41, 5.74) is 3.41. The van der Waals surface area contributed by atoms with Crippen LogP contribution in [0.4, 0.5) is 11.6 Å². The van der Waals surface area contributed by atoms with Crippen LogP contribution in [0.1, 0.15) is 63.8 Å². The van der Waals surface area contributed by atoms with Crippen molar-refractivity contribution in [3.63, 3.8) is 0 Å². The summed E-state index contributed by atoms with van der Waals surface area (Å²) in [6.45, 7) is 8.61. The number of morpholine rings is 1. The van der Waals surface area contributed by atoms with Gasteiger partial charge < -0.3 is 14.8 Å². The third-order valence-corrected chi connectivity index (χ3v) is 8.56. The van der Waals surface area contributed by atoms with E-state index in [1.54, 1.807) is 23.1 Å². The van der Waals surface area contributed by atoms with E-state index in [1.807, 2.05) is 29.9 Å². The molecule has 14 nitrogen and oxygen atoms in total. The Hall–Kier alpha value is -4.92. The Labute approximate surface area is 268 Å². The molecule has 1 aliphatic heterocycles. The number of hydrogen-bond donors (Lipinski definition) is 1. The fraction of sp³-hybridized carbons (Fsp3) is 0.500. The largest absolute Gasteiger partial charge is 0.487 e. The third kappa shape index (κ3) is 7.30. The summed E-state index contributed by atoms with van der Waals surface area (Å²) >= 11 is 0. The van der Waals surface area contributed by atoms with Gasteiger partial charge in [0.15, 0.2) is 0 Å². The molecule has 3 aromatic heterocycles. The van der Waals surface area contributed by atoms with E-state index in [0.717, 1.165) is 55.6 Å². The van der Waals surface area contributed by atoms with Crippen molar-refractivity contribution in [2.24, 2.45) is 0 Å². The van der Waals surface area contributed by atoms with E-state index in [4.69, 9.17) is 14.6 Å². The number of anilines is 2. The third-order valence-electron chi connectivity index (χ3n) is 8.56. The van der Waals surface area contributed by atoms with Gasteiger partial charge in [0.25, 0.3) is 0 Å². The van der Waals surface area contributed by atoms with Crippen molar-refractivity contribution in [3.05, 3.63) is 54.4 Å². The van der Waals surface area contributed by atoms with Crippen molar-refractivity contribution in [1.82, 2.24) is 44.9 Å². The highest BCUT2D eigenvalue weighted by Crippen LogP contribution is 2.34. The number of nitrogens with zero attached hydrogens (tertiary/aromatic N) is 11. The number of nitriles is 2. The minimum atomic E-state index is -0.273. The van der Waals surface area contributed by atoms with Crippen LogP contribution in [0.2, 0.25) is 0 Å². The van der Waals surface area contributed by atoms with Gasteiger partial charge in [-0.05, 0) is 74.6 Å². The molecule has 238 valence electrons. The quantitative estimate of drug-likeness (QED) is 0.269. The van der Waals surface area contributed by atoms with Gasteiger partial charge in [0.2, 0.25) is 5.95 Å². The predicted octanol–water partition coefficient (Wildman–Crippen LogP) is 4.07. The van der Waals surface area contributed by atoms with Gasteiger partial charge in [-0.3, -0.25) is 9.58 Å². The normalized spacial score (nSPS) is 22.5. The molecule has 1 aliphatic carbocycles. The van der Waals surface area contributed by atoms with Crippen molar-refractivity contribution in [3.8, 4) is 29.0 Å². The second-order valence-electron chi connectivity index (χ2n) is 12.2. The van der Waals surface area contributed by atoms with Crippen LogP contribution in [0.3, 0.4) is 0 Å². The number of rotatable bonds is 10. The van der Waals surface area contributed by atoms with E-state index in [0.29, 0.717) is 35.5 Å². The van der Waals surface area contributed by atoms with Crippen LogP contribution in [-0.4, -0.2) is 82.3 Å². The van der Waals surface area contributed by atoms with Crippen molar-refractivity contribution in [2.45, 2.75) is 89.8 Å². The van der Waals surface area contributed by atoms with Crippen LogP contribution < -0.4 is 10.1 Å². The minimum Gasteiger partial charge on any atom is -0.487 e. The maximum atomic E-state index is 9.62. The van der Waals surface area contributed by atoms with Crippen LogP contribution >= 0.6 is 0 Å². The molecule has 14 heteroatoms. The zero-order valence-corrected chi connectivity index (χ0v) is 26.3. The lowest BCUT2D eigenvalue weighted by atomic mass is 9.89. The maximum absolute atomic E-state index is 9.62. The van der Waals surface area contributed by atoms with E-state index >= 15 is 0 Å². The summed E-state index contributed by atoms with van der Waals surface area (Å²) in [5.74, 6) is 0.862. The molecule has 0 bridgehead atoms. The smallest absolute Gasteiger partial charge is 0.227 e. The first-order valence-electron chi connectivity index (χ1n) is 15.7. The molecule has 0 radical (unpaired) electrons. The Morgan fingerprint density at radius 3 is 2.46 bits per heavy atom. The average molecular weight is 623 g/mol.